The molecule has 1 saturated carbocycles. The van der Waals surface area contributed by atoms with E-state index in [-0.39, 0.29) is 0 Å². The molecule has 2 N–H and O–H groups in total. The van der Waals surface area contributed by atoms with Crippen LogP contribution in [0.25, 0.3) is 0 Å². The molecule has 4 aliphatic rings. The maximum absolute atomic E-state index is 6.20. The number of piperidine rings is 3. The lowest BCUT2D eigenvalue weighted by molar-refractivity contribution is -0.0692. The summed E-state index contributed by atoms with van der Waals surface area (Å²) in [5.41, 5.74) is 6.52. The molecule has 0 aromatic rings. The van der Waals surface area contributed by atoms with Crippen molar-refractivity contribution < 1.29 is 0 Å². The maximum Gasteiger partial charge on any atom is 0.0490 e. The Morgan fingerprint density at radius 1 is 1.25 bits per heavy atom. The van der Waals surface area contributed by atoms with Gasteiger partial charge < -0.3 is 10.6 Å². The number of hydrogen-bond acceptors (Lipinski definition) is 3. The molecule has 0 aromatic carbocycles. The van der Waals surface area contributed by atoms with Gasteiger partial charge in [-0.05, 0) is 51.2 Å². The van der Waals surface area contributed by atoms with Gasteiger partial charge in [-0.15, -0.1) is 0 Å². The number of hydrogen-bond donors (Lipinski definition) is 1. The van der Waals surface area contributed by atoms with Crippen molar-refractivity contribution in [2.45, 2.75) is 44.2 Å². The van der Waals surface area contributed by atoms with E-state index in [2.05, 4.69) is 16.7 Å². The third-order valence-electron chi connectivity index (χ3n) is 5.10. The van der Waals surface area contributed by atoms with Crippen LogP contribution in [0.1, 0.15) is 32.6 Å². The SMILES string of the molecule is CCN(C1CC1)C1(CN)CN2CCC1CC2. The quantitative estimate of drug-likeness (QED) is 0.768. The normalized spacial score (nSPS) is 42.9. The van der Waals surface area contributed by atoms with Gasteiger partial charge in [0.05, 0.1) is 0 Å². The summed E-state index contributed by atoms with van der Waals surface area (Å²) in [5, 5.41) is 0. The summed E-state index contributed by atoms with van der Waals surface area (Å²) >= 11 is 0. The molecule has 4 fully saturated rings. The smallest absolute Gasteiger partial charge is 0.0490 e. The van der Waals surface area contributed by atoms with Crippen LogP contribution >= 0.6 is 0 Å². The summed E-state index contributed by atoms with van der Waals surface area (Å²) in [7, 11) is 0. The predicted octanol–water partition coefficient (Wildman–Crippen LogP) is 0.894. The summed E-state index contributed by atoms with van der Waals surface area (Å²) in [4.78, 5) is 5.39. The second-order valence-electron chi connectivity index (χ2n) is 5.88. The van der Waals surface area contributed by atoms with Gasteiger partial charge in [-0.2, -0.15) is 0 Å². The van der Waals surface area contributed by atoms with Gasteiger partial charge in [0.15, 0.2) is 0 Å². The summed E-state index contributed by atoms with van der Waals surface area (Å²) in [6.45, 7) is 8.22. The van der Waals surface area contributed by atoms with Crippen molar-refractivity contribution in [1.29, 1.82) is 0 Å². The van der Waals surface area contributed by atoms with E-state index in [1.54, 1.807) is 0 Å². The van der Waals surface area contributed by atoms with Crippen molar-refractivity contribution in [3.8, 4) is 0 Å². The fraction of sp³-hybridized carbons (Fsp3) is 1.00. The lowest BCUT2D eigenvalue weighted by atomic mass is 9.71. The van der Waals surface area contributed by atoms with Gasteiger partial charge in [0.2, 0.25) is 0 Å². The average molecular weight is 223 g/mol. The summed E-state index contributed by atoms with van der Waals surface area (Å²) in [6, 6.07) is 0.856. The highest BCUT2D eigenvalue weighted by atomic mass is 15.3. The molecule has 4 rings (SSSR count). The molecule has 0 spiro atoms. The highest BCUT2D eigenvalue weighted by Gasteiger charge is 2.52. The molecule has 3 aliphatic heterocycles. The molecule has 2 bridgehead atoms. The molecule has 0 amide bonds. The van der Waals surface area contributed by atoms with E-state index in [9.17, 15) is 0 Å². The van der Waals surface area contributed by atoms with Crippen LogP contribution in [0.3, 0.4) is 0 Å². The summed E-state index contributed by atoms with van der Waals surface area (Å²) in [6.07, 6.45) is 5.56. The number of nitrogens with zero attached hydrogens (tertiary/aromatic N) is 2. The van der Waals surface area contributed by atoms with Crippen molar-refractivity contribution in [3.05, 3.63) is 0 Å². The Hall–Kier alpha value is -0.120. The van der Waals surface area contributed by atoms with E-state index in [4.69, 9.17) is 5.73 Å². The van der Waals surface area contributed by atoms with Gasteiger partial charge in [-0.3, -0.25) is 4.90 Å². The number of nitrogens with two attached hydrogens (primary N) is 1. The van der Waals surface area contributed by atoms with Gasteiger partial charge in [-0.25, -0.2) is 0 Å². The van der Waals surface area contributed by atoms with Gasteiger partial charge in [0.1, 0.15) is 0 Å². The second-order valence-corrected chi connectivity index (χ2v) is 5.88. The first kappa shape index (κ1) is 11.0. The average Bonchev–Trinajstić information content (AvgIpc) is 3.16. The lowest BCUT2D eigenvalue weighted by Crippen LogP contribution is -2.70. The minimum absolute atomic E-state index is 0.326. The van der Waals surface area contributed by atoms with E-state index < -0.39 is 0 Å². The predicted molar refractivity (Wildman–Crippen MR) is 66.4 cm³/mol. The van der Waals surface area contributed by atoms with E-state index in [0.717, 1.165) is 18.5 Å². The van der Waals surface area contributed by atoms with Crippen molar-refractivity contribution in [1.82, 2.24) is 9.80 Å². The minimum Gasteiger partial charge on any atom is -0.329 e. The Morgan fingerprint density at radius 3 is 2.31 bits per heavy atom. The molecule has 1 atom stereocenters. The molecule has 3 nitrogen and oxygen atoms in total. The highest BCUT2D eigenvalue weighted by molar-refractivity contribution is 5.09. The van der Waals surface area contributed by atoms with Crippen LogP contribution in [0.2, 0.25) is 0 Å². The zero-order valence-corrected chi connectivity index (χ0v) is 10.5. The Balaban J connectivity index is 1.86. The molecule has 3 saturated heterocycles. The third kappa shape index (κ3) is 1.52. The van der Waals surface area contributed by atoms with E-state index >= 15 is 0 Å². The molecular formula is C13H25N3. The Labute approximate surface area is 99.0 Å². The number of fused-ring (bicyclic) bond motifs is 3. The van der Waals surface area contributed by atoms with Gasteiger partial charge in [0, 0.05) is 24.7 Å². The molecule has 3 heterocycles. The second kappa shape index (κ2) is 3.97. The molecule has 0 aromatic heterocycles. The van der Waals surface area contributed by atoms with Crippen LogP contribution in [-0.4, -0.2) is 54.1 Å². The highest BCUT2D eigenvalue weighted by Crippen LogP contribution is 2.43. The van der Waals surface area contributed by atoms with Crippen LogP contribution in [0.4, 0.5) is 0 Å². The van der Waals surface area contributed by atoms with Gasteiger partial charge >= 0.3 is 0 Å². The Morgan fingerprint density at radius 2 is 1.94 bits per heavy atom. The molecule has 92 valence electrons. The topological polar surface area (TPSA) is 32.5 Å². The Bertz CT molecular complexity index is 256. The van der Waals surface area contributed by atoms with E-state index in [1.807, 2.05) is 0 Å². The zero-order valence-electron chi connectivity index (χ0n) is 10.5. The van der Waals surface area contributed by atoms with Gasteiger partial charge in [0.25, 0.3) is 0 Å². The first-order chi connectivity index (χ1) is 7.80. The summed E-state index contributed by atoms with van der Waals surface area (Å²) in [5.74, 6) is 0.864. The first-order valence-electron chi connectivity index (χ1n) is 6.99. The molecule has 1 unspecified atom stereocenters. The third-order valence-corrected chi connectivity index (χ3v) is 5.10. The standard InChI is InChI=1S/C13H25N3/c1-2-16(12-3-4-12)13(9-14)10-15-7-5-11(13)6-8-15/h11-12H,2-10,14H2,1H3. The van der Waals surface area contributed by atoms with Gasteiger partial charge in [-0.1, -0.05) is 6.92 Å². The minimum atomic E-state index is 0.326. The van der Waals surface area contributed by atoms with Crippen LogP contribution in [0.15, 0.2) is 0 Å². The molecule has 0 radical (unpaired) electrons. The zero-order chi connectivity index (χ0) is 11.2. The van der Waals surface area contributed by atoms with Crippen LogP contribution in [0.5, 0.6) is 0 Å². The molecule has 1 aliphatic carbocycles. The molecular weight excluding hydrogens is 198 g/mol. The van der Waals surface area contributed by atoms with Crippen LogP contribution in [-0.2, 0) is 0 Å². The fourth-order valence-corrected chi connectivity index (χ4v) is 4.14. The van der Waals surface area contributed by atoms with Crippen LogP contribution < -0.4 is 5.73 Å². The Kier molecular flexibility index (Phi) is 2.73. The van der Waals surface area contributed by atoms with Crippen molar-refractivity contribution in [2.75, 3.05) is 32.7 Å². The van der Waals surface area contributed by atoms with E-state index in [0.29, 0.717) is 5.54 Å². The monoisotopic (exact) mass is 223 g/mol. The van der Waals surface area contributed by atoms with Crippen LogP contribution in [0, 0.1) is 5.92 Å². The fourth-order valence-electron chi connectivity index (χ4n) is 4.14. The lowest BCUT2D eigenvalue weighted by Gasteiger charge is -2.58. The van der Waals surface area contributed by atoms with E-state index in [1.165, 1.54) is 51.9 Å². The van der Waals surface area contributed by atoms with Crippen molar-refractivity contribution in [2.24, 2.45) is 11.7 Å². The largest absolute Gasteiger partial charge is 0.329 e. The number of rotatable bonds is 4. The number of likely N-dealkylation sites (N-methyl/N-ethyl adjacent to an activating group) is 1. The first-order valence-corrected chi connectivity index (χ1v) is 6.99. The summed E-state index contributed by atoms with van der Waals surface area (Å²) < 4.78 is 0. The van der Waals surface area contributed by atoms with Crippen molar-refractivity contribution >= 4 is 0 Å². The van der Waals surface area contributed by atoms with Crippen molar-refractivity contribution in [3.63, 3.8) is 0 Å². The molecule has 16 heavy (non-hydrogen) atoms. The molecule has 3 heteroatoms. The maximum atomic E-state index is 6.20.